The van der Waals surface area contributed by atoms with Gasteiger partial charge in [-0.25, -0.2) is 0 Å². The van der Waals surface area contributed by atoms with E-state index in [1.165, 1.54) is 6.42 Å². The van der Waals surface area contributed by atoms with Crippen LogP contribution in [0.2, 0.25) is 0 Å². The maximum absolute atomic E-state index is 12.9. The van der Waals surface area contributed by atoms with Crippen molar-refractivity contribution in [3.8, 4) is 0 Å². The van der Waals surface area contributed by atoms with Crippen molar-refractivity contribution in [2.75, 3.05) is 26.7 Å². The lowest BCUT2D eigenvalue weighted by molar-refractivity contribution is 0.0673. The van der Waals surface area contributed by atoms with Crippen LogP contribution in [0.3, 0.4) is 0 Å². The molecule has 1 aliphatic heterocycles. The van der Waals surface area contributed by atoms with Gasteiger partial charge in [-0.05, 0) is 51.4 Å². The highest BCUT2D eigenvalue weighted by atomic mass is 16.2. The number of aryl methyl sites for hydroxylation is 1. The third-order valence-corrected chi connectivity index (χ3v) is 4.44. The Morgan fingerprint density at radius 3 is 3.05 bits per heavy atom. The van der Waals surface area contributed by atoms with Crippen molar-refractivity contribution >= 4 is 16.8 Å². The highest BCUT2D eigenvalue weighted by molar-refractivity contribution is 5.98. The van der Waals surface area contributed by atoms with Crippen LogP contribution in [0.4, 0.5) is 0 Å². The Morgan fingerprint density at radius 2 is 2.23 bits per heavy atom. The summed E-state index contributed by atoms with van der Waals surface area (Å²) in [7, 11) is 1.97. The van der Waals surface area contributed by atoms with Crippen molar-refractivity contribution in [3.63, 3.8) is 0 Å². The number of carbonyl (C=O) groups excluding carboxylic acids is 1. The normalized spacial score (nSPS) is 18.6. The smallest absolute Gasteiger partial charge is 0.255 e. The van der Waals surface area contributed by atoms with E-state index in [9.17, 15) is 4.79 Å². The number of hydrogen-bond donors (Lipinski definition) is 1. The Kier molecular flexibility index (Phi) is 4.39. The van der Waals surface area contributed by atoms with Crippen molar-refractivity contribution < 1.29 is 4.79 Å². The summed E-state index contributed by atoms with van der Waals surface area (Å²) in [5.74, 6) is 0.674. The molecule has 1 aromatic carbocycles. The first kappa shape index (κ1) is 15.0. The van der Waals surface area contributed by atoms with Crippen LogP contribution in [0, 0.1) is 12.8 Å². The number of benzene rings is 1. The van der Waals surface area contributed by atoms with Gasteiger partial charge in [0.05, 0.1) is 16.8 Å². The monoisotopic (exact) mass is 297 g/mol. The van der Waals surface area contributed by atoms with Crippen molar-refractivity contribution in [2.45, 2.75) is 19.8 Å². The summed E-state index contributed by atoms with van der Waals surface area (Å²) in [4.78, 5) is 19.5. The molecule has 116 valence electrons. The van der Waals surface area contributed by atoms with Crippen molar-refractivity contribution in [2.24, 2.45) is 5.92 Å². The minimum atomic E-state index is 0.122. The molecule has 0 spiro atoms. The summed E-state index contributed by atoms with van der Waals surface area (Å²) in [6.45, 7) is 4.59. The molecular formula is C18H23N3O. The standard InChI is InChI=1S/C18H23N3O/c1-13-16(10-15-7-3-4-8-17(15)20-13)18(22)21-9-5-6-14(12-21)11-19-2/h3-4,7-8,10,14,19H,5-6,9,11-12H2,1-2H3/t14-/m1/s1. The predicted molar refractivity (Wildman–Crippen MR) is 89.0 cm³/mol. The average molecular weight is 297 g/mol. The maximum Gasteiger partial charge on any atom is 0.255 e. The number of nitrogens with one attached hydrogen (secondary N) is 1. The van der Waals surface area contributed by atoms with Crippen LogP contribution in [0.25, 0.3) is 10.9 Å². The third kappa shape index (κ3) is 2.97. The minimum Gasteiger partial charge on any atom is -0.338 e. The van der Waals surface area contributed by atoms with E-state index in [4.69, 9.17) is 0 Å². The van der Waals surface area contributed by atoms with E-state index < -0.39 is 0 Å². The minimum absolute atomic E-state index is 0.122. The summed E-state index contributed by atoms with van der Waals surface area (Å²) in [5, 5.41) is 4.25. The second kappa shape index (κ2) is 6.44. The zero-order valence-electron chi connectivity index (χ0n) is 13.3. The van der Waals surface area contributed by atoms with Crippen molar-refractivity contribution in [1.29, 1.82) is 0 Å². The van der Waals surface area contributed by atoms with Gasteiger partial charge in [-0.15, -0.1) is 0 Å². The molecule has 0 bridgehead atoms. The molecule has 2 aromatic rings. The van der Waals surface area contributed by atoms with Gasteiger partial charge in [0.1, 0.15) is 0 Å². The Bertz CT molecular complexity index is 681. The molecule has 2 heterocycles. The lowest BCUT2D eigenvalue weighted by atomic mass is 9.97. The zero-order chi connectivity index (χ0) is 15.5. The zero-order valence-corrected chi connectivity index (χ0v) is 13.3. The Labute approximate surface area is 131 Å². The molecule has 0 saturated carbocycles. The number of hydrogen-bond acceptors (Lipinski definition) is 3. The van der Waals surface area contributed by atoms with Crippen LogP contribution in [-0.4, -0.2) is 42.5 Å². The summed E-state index contributed by atoms with van der Waals surface area (Å²) >= 11 is 0. The number of rotatable bonds is 3. The lowest BCUT2D eigenvalue weighted by Gasteiger charge is -2.33. The molecule has 1 atom stereocenters. The van der Waals surface area contributed by atoms with E-state index in [0.717, 1.165) is 48.2 Å². The van der Waals surface area contributed by atoms with E-state index in [-0.39, 0.29) is 5.91 Å². The fourth-order valence-corrected chi connectivity index (χ4v) is 3.30. The molecule has 1 aromatic heterocycles. The third-order valence-electron chi connectivity index (χ3n) is 4.44. The second-order valence-corrected chi connectivity index (χ2v) is 6.13. The number of amides is 1. The Morgan fingerprint density at radius 1 is 1.41 bits per heavy atom. The molecule has 1 fully saturated rings. The summed E-state index contributed by atoms with van der Waals surface area (Å²) < 4.78 is 0. The quantitative estimate of drug-likeness (QED) is 0.947. The fourth-order valence-electron chi connectivity index (χ4n) is 3.30. The van der Waals surface area contributed by atoms with Gasteiger partial charge >= 0.3 is 0 Å². The Hall–Kier alpha value is -1.94. The predicted octanol–water partition coefficient (Wildman–Crippen LogP) is 2.61. The van der Waals surface area contributed by atoms with Crippen LogP contribution in [0.1, 0.15) is 28.9 Å². The first-order valence-electron chi connectivity index (χ1n) is 7.99. The maximum atomic E-state index is 12.9. The number of fused-ring (bicyclic) bond motifs is 1. The molecule has 4 nitrogen and oxygen atoms in total. The van der Waals surface area contributed by atoms with Gasteiger partial charge in [0.15, 0.2) is 0 Å². The molecule has 0 aliphatic carbocycles. The van der Waals surface area contributed by atoms with E-state index >= 15 is 0 Å². The van der Waals surface area contributed by atoms with E-state index in [1.807, 2.05) is 49.2 Å². The lowest BCUT2D eigenvalue weighted by Crippen LogP contribution is -2.42. The van der Waals surface area contributed by atoms with Gasteiger partial charge in [0, 0.05) is 18.5 Å². The average Bonchev–Trinajstić information content (AvgIpc) is 2.54. The largest absolute Gasteiger partial charge is 0.338 e. The molecule has 1 N–H and O–H groups in total. The highest BCUT2D eigenvalue weighted by Crippen LogP contribution is 2.21. The van der Waals surface area contributed by atoms with Gasteiger partial charge < -0.3 is 10.2 Å². The highest BCUT2D eigenvalue weighted by Gasteiger charge is 2.25. The first-order valence-corrected chi connectivity index (χ1v) is 7.99. The molecule has 0 radical (unpaired) electrons. The van der Waals surface area contributed by atoms with Gasteiger partial charge in [0.25, 0.3) is 5.91 Å². The number of aromatic nitrogens is 1. The van der Waals surface area contributed by atoms with Crippen molar-refractivity contribution in [1.82, 2.24) is 15.2 Å². The summed E-state index contributed by atoms with van der Waals surface area (Å²) in [6, 6.07) is 9.95. The van der Waals surface area contributed by atoms with Crippen molar-refractivity contribution in [3.05, 3.63) is 41.6 Å². The van der Waals surface area contributed by atoms with Gasteiger partial charge in [-0.1, -0.05) is 18.2 Å². The number of nitrogens with zero attached hydrogens (tertiary/aromatic N) is 2. The number of para-hydroxylation sites is 1. The molecule has 1 aliphatic rings. The van der Waals surface area contributed by atoms with Crippen LogP contribution >= 0.6 is 0 Å². The van der Waals surface area contributed by atoms with E-state index in [2.05, 4.69) is 10.3 Å². The molecule has 22 heavy (non-hydrogen) atoms. The van der Waals surface area contributed by atoms with E-state index in [0.29, 0.717) is 5.92 Å². The van der Waals surface area contributed by atoms with Crippen LogP contribution in [0.5, 0.6) is 0 Å². The fraction of sp³-hybridized carbons (Fsp3) is 0.444. The van der Waals surface area contributed by atoms with Crippen LogP contribution in [0.15, 0.2) is 30.3 Å². The molecular weight excluding hydrogens is 274 g/mol. The van der Waals surface area contributed by atoms with E-state index in [1.54, 1.807) is 0 Å². The van der Waals surface area contributed by atoms with Gasteiger partial charge in [0.2, 0.25) is 0 Å². The topological polar surface area (TPSA) is 45.2 Å². The molecule has 1 saturated heterocycles. The second-order valence-electron chi connectivity index (χ2n) is 6.13. The summed E-state index contributed by atoms with van der Waals surface area (Å²) in [6.07, 6.45) is 2.28. The molecule has 3 rings (SSSR count). The first-order chi connectivity index (χ1) is 10.7. The number of pyridine rings is 1. The molecule has 1 amide bonds. The summed E-state index contributed by atoms with van der Waals surface area (Å²) in [5.41, 5.74) is 2.51. The van der Waals surface area contributed by atoms with Gasteiger partial charge in [-0.3, -0.25) is 9.78 Å². The Balaban J connectivity index is 1.86. The molecule has 0 unspecified atom stereocenters. The van der Waals surface area contributed by atoms with Crippen LogP contribution in [-0.2, 0) is 0 Å². The SMILES string of the molecule is CNC[C@H]1CCCN(C(=O)c2cc3ccccc3nc2C)C1. The molecule has 4 heteroatoms. The number of likely N-dealkylation sites (tertiary alicyclic amines) is 1. The number of piperidine rings is 1. The van der Waals surface area contributed by atoms with Crippen LogP contribution < -0.4 is 5.32 Å². The number of carbonyl (C=O) groups is 1. The van der Waals surface area contributed by atoms with Gasteiger partial charge in [-0.2, -0.15) is 0 Å².